The monoisotopic (exact) mass is 318 g/mol. The Morgan fingerprint density at radius 3 is 2.78 bits per heavy atom. The third kappa shape index (κ3) is 3.74. The van der Waals surface area contributed by atoms with E-state index in [0.717, 1.165) is 17.4 Å². The molecule has 1 aromatic carbocycles. The van der Waals surface area contributed by atoms with Gasteiger partial charge in [-0.3, -0.25) is 4.79 Å². The number of benzene rings is 1. The Bertz CT molecular complexity index is 691. The number of ether oxygens (including phenoxy) is 1. The number of aliphatic hydroxyl groups is 1. The van der Waals surface area contributed by atoms with Crippen molar-refractivity contribution in [2.45, 2.75) is 39.8 Å². The predicted molar refractivity (Wildman–Crippen MR) is 91.9 cm³/mol. The molecule has 2 N–H and O–H groups in total. The van der Waals surface area contributed by atoms with Crippen molar-refractivity contribution in [2.75, 3.05) is 20.3 Å². The molecule has 1 amide bonds. The fraction of sp³-hybridized carbons (Fsp3) is 0.500. The minimum absolute atomic E-state index is 0.0441. The standard InChI is InChI=1S/C18H26N2O3/c1-12(7-9-21)19-18(22)15-5-6-17-16(11-15)13(2)14(3)20(17)8-10-23-4/h5-6,11-12,21H,7-10H2,1-4H3,(H,19,22). The second-order valence-electron chi connectivity index (χ2n) is 5.97. The largest absolute Gasteiger partial charge is 0.396 e. The molecule has 0 bridgehead atoms. The van der Waals surface area contributed by atoms with E-state index in [-0.39, 0.29) is 18.6 Å². The van der Waals surface area contributed by atoms with Crippen LogP contribution in [-0.4, -0.2) is 41.9 Å². The molecule has 1 unspecified atom stereocenters. The molecule has 0 aliphatic carbocycles. The average Bonchev–Trinajstić information content (AvgIpc) is 2.76. The van der Waals surface area contributed by atoms with Crippen LogP contribution in [0.15, 0.2) is 18.2 Å². The van der Waals surface area contributed by atoms with Crippen molar-refractivity contribution in [3.05, 3.63) is 35.0 Å². The number of carbonyl (C=O) groups is 1. The highest BCUT2D eigenvalue weighted by atomic mass is 16.5. The quantitative estimate of drug-likeness (QED) is 0.824. The number of carbonyl (C=O) groups excluding carboxylic acids is 1. The Labute approximate surface area is 137 Å². The molecular weight excluding hydrogens is 292 g/mol. The number of rotatable bonds is 7. The number of methoxy groups -OCH3 is 1. The minimum atomic E-state index is -0.102. The van der Waals surface area contributed by atoms with Crippen LogP contribution in [0.25, 0.3) is 10.9 Å². The highest BCUT2D eigenvalue weighted by molar-refractivity contribution is 5.99. The van der Waals surface area contributed by atoms with Gasteiger partial charge in [0.2, 0.25) is 0 Å². The van der Waals surface area contributed by atoms with Crippen molar-refractivity contribution in [1.29, 1.82) is 0 Å². The van der Waals surface area contributed by atoms with Gasteiger partial charge in [0.25, 0.3) is 5.91 Å². The van der Waals surface area contributed by atoms with Gasteiger partial charge in [0.05, 0.1) is 6.61 Å². The van der Waals surface area contributed by atoms with Gasteiger partial charge in [0.15, 0.2) is 0 Å². The zero-order valence-corrected chi connectivity index (χ0v) is 14.3. The van der Waals surface area contributed by atoms with Crippen molar-refractivity contribution in [1.82, 2.24) is 9.88 Å². The first kappa shape index (κ1) is 17.5. The molecular formula is C18H26N2O3. The zero-order chi connectivity index (χ0) is 17.0. The van der Waals surface area contributed by atoms with Crippen LogP contribution in [0.5, 0.6) is 0 Å². The molecule has 2 rings (SSSR count). The van der Waals surface area contributed by atoms with Crippen molar-refractivity contribution < 1.29 is 14.6 Å². The lowest BCUT2D eigenvalue weighted by molar-refractivity contribution is 0.0934. The van der Waals surface area contributed by atoms with Crippen LogP contribution in [-0.2, 0) is 11.3 Å². The maximum absolute atomic E-state index is 12.3. The van der Waals surface area contributed by atoms with Gasteiger partial charge in [-0.05, 0) is 51.0 Å². The van der Waals surface area contributed by atoms with Crippen LogP contribution < -0.4 is 5.32 Å². The maximum Gasteiger partial charge on any atom is 0.251 e. The highest BCUT2D eigenvalue weighted by Gasteiger charge is 2.14. The van der Waals surface area contributed by atoms with Gasteiger partial charge in [0, 0.05) is 48.5 Å². The molecule has 0 fully saturated rings. The van der Waals surface area contributed by atoms with E-state index < -0.39 is 0 Å². The summed E-state index contributed by atoms with van der Waals surface area (Å²) in [6.45, 7) is 7.59. The number of nitrogens with one attached hydrogen (secondary N) is 1. The molecule has 0 saturated heterocycles. The summed E-state index contributed by atoms with van der Waals surface area (Å²) in [5.74, 6) is -0.102. The average molecular weight is 318 g/mol. The second-order valence-corrected chi connectivity index (χ2v) is 5.97. The lowest BCUT2D eigenvalue weighted by atomic mass is 10.1. The summed E-state index contributed by atoms with van der Waals surface area (Å²) in [6, 6.07) is 5.75. The Kier molecular flexibility index (Phi) is 5.80. The molecule has 0 aliphatic rings. The lowest BCUT2D eigenvalue weighted by Gasteiger charge is -2.12. The molecule has 5 nitrogen and oxygen atoms in total. The summed E-state index contributed by atoms with van der Waals surface area (Å²) in [7, 11) is 1.70. The number of hydrogen-bond donors (Lipinski definition) is 2. The van der Waals surface area contributed by atoms with Gasteiger partial charge in [-0.1, -0.05) is 0 Å². The van der Waals surface area contributed by atoms with Crippen LogP contribution in [0, 0.1) is 13.8 Å². The maximum atomic E-state index is 12.3. The molecule has 1 atom stereocenters. The Balaban J connectivity index is 2.32. The van der Waals surface area contributed by atoms with E-state index in [9.17, 15) is 4.79 Å². The molecule has 0 spiro atoms. The topological polar surface area (TPSA) is 63.5 Å². The molecule has 1 heterocycles. The van der Waals surface area contributed by atoms with E-state index >= 15 is 0 Å². The van der Waals surface area contributed by atoms with E-state index in [0.29, 0.717) is 18.6 Å². The summed E-state index contributed by atoms with van der Waals surface area (Å²) in [5.41, 5.74) is 4.16. The summed E-state index contributed by atoms with van der Waals surface area (Å²) in [4.78, 5) is 12.3. The Morgan fingerprint density at radius 1 is 1.39 bits per heavy atom. The van der Waals surface area contributed by atoms with Crippen LogP contribution in [0.2, 0.25) is 0 Å². The van der Waals surface area contributed by atoms with Gasteiger partial charge in [0.1, 0.15) is 0 Å². The predicted octanol–water partition coefficient (Wildman–Crippen LogP) is 2.41. The van der Waals surface area contributed by atoms with E-state index in [2.05, 4.69) is 23.7 Å². The van der Waals surface area contributed by atoms with Gasteiger partial charge >= 0.3 is 0 Å². The summed E-state index contributed by atoms with van der Waals surface area (Å²) in [5, 5.41) is 12.9. The van der Waals surface area contributed by atoms with Crippen molar-refractivity contribution in [3.8, 4) is 0 Å². The number of fused-ring (bicyclic) bond motifs is 1. The molecule has 1 aromatic heterocycles. The molecule has 0 aliphatic heterocycles. The zero-order valence-electron chi connectivity index (χ0n) is 14.3. The van der Waals surface area contributed by atoms with Crippen molar-refractivity contribution in [3.63, 3.8) is 0 Å². The fourth-order valence-corrected chi connectivity index (χ4v) is 2.83. The summed E-state index contributed by atoms with van der Waals surface area (Å²) in [6.07, 6.45) is 0.555. The summed E-state index contributed by atoms with van der Waals surface area (Å²) >= 11 is 0. The Hall–Kier alpha value is -1.85. The smallest absolute Gasteiger partial charge is 0.251 e. The second kappa shape index (κ2) is 7.62. The lowest BCUT2D eigenvalue weighted by Crippen LogP contribution is -2.33. The van der Waals surface area contributed by atoms with Gasteiger partial charge < -0.3 is 19.7 Å². The number of amides is 1. The first-order chi connectivity index (χ1) is 11.0. The van der Waals surface area contributed by atoms with E-state index in [1.165, 1.54) is 11.3 Å². The third-order valence-electron chi connectivity index (χ3n) is 4.36. The minimum Gasteiger partial charge on any atom is -0.396 e. The molecule has 126 valence electrons. The van der Waals surface area contributed by atoms with Gasteiger partial charge in [-0.15, -0.1) is 0 Å². The van der Waals surface area contributed by atoms with Crippen LogP contribution in [0.3, 0.4) is 0 Å². The number of nitrogens with zero attached hydrogens (tertiary/aromatic N) is 1. The number of aromatic nitrogens is 1. The SMILES string of the molecule is COCCn1c(C)c(C)c2cc(C(=O)NC(C)CCO)ccc21. The number of hydrogen-bond acceptors (Lipinski definition) is 3. The van der Waals surface area contributed by atoms with E-state index in [1.807, 2.05) is 25.1 Å². The molecule has 5 heteroatoms. The fourth-order valence-electron chi connectivity index (χ4n) is 2.83. The van der Waals surface area contributed by atoms with Crippen LogP contribution >= 0.6 is 0 Å². The molecule has 23 heavy (non-hydrogen) atoms. The molecule has 0 radical (unpaired) electrons. The van der Waals surface area contributed by atoms with E-state index in [4.69, 9.17) is 9.84 Å². The van der Waals surface area contributed by atoms with E-state index in [1.54, 1.807) is 7.11 Å². The van der Waals surface area contributed by atoms with Crippen LogP contribution in [0.4, 0.5) is 0 Å². The van der Waals surface area contributed by atoms with Gasteiger partial charge in [-0.25, -0.2) is 0 Å². The third-order valence-corrected chi connectivity index (χ3v) is 4.36. The van der Waals surface area contributed by atoms with Crippen molar-refractivity contribution >= 4 is 16.8 Å². The number of aliphatic hydroxyl groups excluding tert-OH is 1. The number of aryl methyl sites for hydroxylation is 1. The normalized spacial score (nSPS) is 12.6. The first-order valence-electron chi connectivity index (χ1n) is 7.99. The molecule has 0 saturated carbocycles. The van der Waals surface area contributed by atoms with Crippen molar-refractivity contribution in [2.24, 2.45) is 0 Å². The van der Waals surface area contributed by atoms with Gasteiger partial charge in [-0.2, -0.15) is 0 Å². The highest BCUT2D eigenvalue weighted by Crippen LogP contribution is 2.26. The molecule has 2 aromatic rings. The summed E-state index contributed by atoms with van der Waals surface area (Å²) < 4.78 is 7.41. The Morgan fingerprint density at radius 2 is 2.13 bits per heavy atom. The first-order valence-corrected chi connectivity index (χ1v) is 7.99. The van der Waals surface area contributed by atoms with Crippen LogP contribution in [0.1, 0.15) is 35.0 Å².